The monoisotopic (exact) mass is 230 g/mol. The summed E-state index contributed by atoms with van der Waals surface area (Å²) in [4.78, 5) is 22.2. The molecule has 0 saturated carbocycles. The van der Waals surface area contributed by atoms with Gasteiger partial charge in [0.2, 0.25) is 11.8 Å². The fourth-order valence-electron chi connectivity index (χ4n) is 1.48. The molecular weight excluding hydrogens is 212 g/mol. The molecular formula is C10H18N2O2S. The van der Waals surface area contributed by atoms with Gasteiger partial charge in [-0.15, -0.1) is 0 Å². The molecule has 2 N–H and O–H groups in total. The Morgan fingerprint density at radius 1 is 1.53 bits per heavy atom. The van der Waals surface area contributed by atoms with Crippen molar-refractivity contribution in [3.63, 3.8) is 0 Å². The summed E-state index contributed by atoms with van der Waals surface area (Å²) in [6, 6.07) is -0.172. The third-order valence-electron chi connectivity index (χ3n) is 2.30. The lowest BCUT2D eigenvalue weighted by Crippen LogP contribution is -2.50. The van der Waals surface area contributed by atoms with Gasteiger partial charge in [-0.1, -0.05) is 6.92 Å². The Labute approximate surface area is 94.6 Å². The molecule has 86 valence electrons. The van der Waals surface area contributed by atoms with Crippen LogP contribution in [0.2, 0.25) is 0 Å². The van der Waals surface area contributed by atoms with E-state index in [2.05, 4.69) is 17.6 Å². The second kappa shape index (κ2) is 6.85. The Morgan fingerprint density at radius 2 is 2.33 bits per heavy atom. The van der Waals surface area contributed by atoms with Crippen LogP contribution in [-0.4, -0.2) is 35.9 Å². The summed E-state index contributed by atoms with van der Waals surface area (Å²) in [6.07, 6.45) is 2.15. The van der Waals surface area contributed by atoms with Crippen molar-refractivity contribution in [2.75, 3.05) is 18.1 Å². The lowest BCUT2D eigenvalue weighted by Gasteiger charge is -2.21. The van der Waals surface area contributed by atoms with E-state index in [-0.39, 0.29) is 17.9 Å². The number of piperidine rings is 1. The van der Waals surface area contributed by atoms with Crippen LogP contribution >= 0.6 is 11.8 Å². The minimum Gasteiger partial charge on any atom is -0.306 e. The molecule has 4 nitrogen and oxygen atoms in total. The number of hydrogen-bond acceptors (Lipinski definition) is 4. The van der Waals surface area contributed by atoms with Crippen LogP contribution in [0.1, 0.15) is 26.2 Å². The predicted octanol–water partition coefficient (Wildman–Crippen LogP) is 0.524. The van der Waals surface area contributed by atoms with Crippen LogP contribution < -0.4 is 10.6 Å². The first-order chi connectivity index (χ1) is 7.24. The zero-order valence-electron chi connectivity index (χ0n) is 9.04. The van der Waals surface area contributed by atoms with Crippen molar-refractivity contribution < 1.29 is 9.59 Å². The summed E-state index contributed by atoms with van der Waals surface area (Å²) in [7, 11) is 0. The number of carbonyl (C=O) groups excluding carboxylic acids is 2. The minimum atomic E-state index is -0.172. The number of imide groups is 1. The fraction of sp³-hybridized carbons (Fsp3) is 0.800. The van der Waals surface area contributed by atoms with Gasteiger partial charge in [-0.3, -0.25) is 14.9 Å². The van der Waals surface area contributed by atoms with Crippen LogP contribution in [0, 0.1) is 0 Å². The van der Waals surface area contributed by atoms with Gasteiger partial charge in [-0.2, -0.15) is 11.8 Å². The van der Waals surface area contributed by atoms with E-state index in [0.717, 1.165) is 24.5 Å². The van der Waals surface area contributed by atoms with E-state index in [4.69, 9.17) is 0 Å². The Hall–Kier alpha value is -0.550. The second-order valence-corrected chi connectivity index (χ2v) is 4.90. The first-order valence-electron chi connectivity index (χ1n) is 5.39. The van der Waals surface area contributed by atoms with Crippen LogP contribution in [0.4, 0.5) is 0 Å². The summed E-state index contributed by atoms with van der Waals surface area (Å²) in [5.41, 5.74) is 0. The predicted molar refractivity (Wildman–Crippen MR) is 61.8 cm³/mol. The Kier molecular flexibility index (Phi) is 5.71. The maximum absolute atomic E-state index is 11.3. The molecule has 15 heavy (non-hydrogen) atoms. The summed E-state index contributed by atoms with van der Waals surface area (Å²) in [5, 5.41) is 5.51. The van der Waals surface area contributed by atoms with Gasteiger partial charge < -0.3 is 5.32 Å². The zero-order chi connectivity index (χ0) is 11.1. The molecule has 1 aliphatic heterocycles. The molecule has 1 heterocycles. The molecule has 1 fully saturated rings. The van der Waals surface area contributed by atoms with Crippen LogP contribution in [0.25, 0.3) is 0 Å². The minimum absolute atomic E-state index is 0.153. The van der Waals surface area contributed by atoms with Crippen molar-refractivity contribution in [2.45, 2.75) is 32.2 Å². The molecule has 1 saturated heterocycles. The highest BCUT2D eigenvalue weighted by molar-refractivity contribution is 7.99. The molecule has 1 aliphatic rings. The smallest absolute Gasteiger partial charge is 0.243 e. The summed E-state index contributed by atoms with van der Waals surface area (Å²) < 4.78 is 0. The van der Waals surface area contributed by atoms with Gasteiger partial charge in [-0.05, 0) is 30.9 Å². The molecule has 0 bridgehead atoms. The van der Waals surface area contributed by atoms with E-state index in [0.29, 0.717) is 12.8 Å². The zero-order valence-corrected chi connectivity index (χ0v) is 9.86. The highest BCUT2D eigenvalue weighted by Gasteiger charge is 2.25. The van der Waals surface area contributed by atoms with Crippen molar-refractivity contribution in [3.8, 4) is 0 Å². The third-order valence-corrected chi connectivity index (χ3v) is 3.29. The number of carbonyl (C=O) groups is 2. The molecule has 0 radical (unpaired) electrons. The maximum atomic E-state index is 11.3. The quantitative estimate of drug-likeness (QED) is 0.516. The van der Waals surface area contributed by atoms with Gasteiger partial charge in [0.05, 0.1) is 6.04 Å². The molecule has 0 aliphatic carbocycles. The summed E-state index contributed by atoms with van der Waals surface area (Å²) in [5.74, 6) is 1.93. The first kappa shape index (κ1) is 12.5. The molecule has 0 spiro atoms. The van der Waals surface area contributed by atoms with Crippen molar-refractivity contribution in [1.82, 2.24) is 10.6 Å². The van der Waals surface area contributed by atoms with Gasteiger partial charge in [0, 0.05) is 6.42 Å². The normalized spacial score (nSPS) is 21.5. The van der Waals surface area contributed by atoms with Gasteiger partial charge in [0.25, 0.3) is 0 Å². The Morgan fingerprint density at radius 3 is 3.00 bits per heavy atom. The molecule has 5 heteroatoms. The van der Waals surface area contributed by atoms with Crippen LogP contribution in [0.5, 0.6) is 0 Å². The number of thioether (sulfide) groups is 1. The standard InChI is InChI=1S/C10H18N2O2S/c1-2-15-7-3-6-11-8-4-5-9(13)12-10(8)14/h8,11H,2-7H2,1H3,(H,12,13,14). The van der Waals surface area contributed by atoms with Gasteiger partial charge in [0.15, 0.2) is 0 Å². The molecule has 0 aromatic heterocycles. The van der Waals surface area contributed by atoms with Gasteiger partial charge in [0.1, 0.15) is 0 Å². The number of nitrogens with one attached hydrogen (secondary N) is 2. The molecule has 2 amide bonds. The lowest BCUT2D eigenvalue weighted by atomic mass is 10.1. The largest absolute Gasteiger partial charge is 0.306 e. The van der Waals surface area contributed by atoms with Gasteiger partial charge >= 0.3 is 0 Å². The van der Waals surface area contributed by atoms with Crippen LogP contribution in [0.15, 0.2) is 0 Å². The van der Waals surface area contributed by atoms with Crippen molar-refractivity contribution >= 4 is 23.6 Å². The number of hydrogen-bond donors (Lipinski definition) is 2. The van der Waals surface area contributed by atoms with Gasteiger partial charge in [-0.25, -0.2) is 0 Å². The molecule has 1 unspecified atom stereocenters. The highest BCUT2D eigenvalue weighted by Crippen LogP contribution is 2.05. The van der Waals surface area contributed by atoms with Crippen molar-refractivity contribution in [3.05, 3.63) is 0 Å². The Balaban J connectivity index is 2.10. The van der Waals surface area contributed by atoms with E-state index in [1.165, 1.54) is 0 Å². The third kappa shape index (κ3) is 4.66. The molecule has 1 rings (SSSR count). The van der Waals surface area contributed by atoms with Crippen LogP contribution in [0.3, 0.4) is 0 Å². The molecule has 0 aromatic carbocycles. The van der Waals surface area contributed by atoms with E-state index in [1.54, 1.807) is 0 Å². The Bertz CT molecular complexity index is 233. The highest BCUT2D eigenvalue weighted by atomic mass is 32.2. The van der Waals surface area contributed by atoms with E-state index >= 15 is 0 Å². The summed E-state index contributed by atoms with van der Waals surface area (Å²) in [6.45, 7) is 2.98. The second-order valence-electron chi connectivity index (χ2n) is 3.51. The fourth-order valence-corrected chi connectivity index (χ4v) is 2.12. The molecule has 0 aromatic rings. The van der Waals surface area contributed by atoms with E-state index in [9.17, 15) is 9.59 Å². The lowest BCUT2D eigenvalue weighted by molar-refractivity contribution is -0.134. The first-order valence-corrected chi connectivity index (χ1v) is 6.54. The molecule has 1 atom stereocenters. The average molecular weight is 230 g/mol. The SMILES string of the molecule is CCSCCCNC1CCC(=O)NC1=O. The number of amides is 2. The van der Waals surface area contributed by atoms with Crippen molar-refractivity contribution in [2.24, 2.45) is 0 Å². The van der Waals surface area contributed by atoms with Crippen LogP contribution in [-0.2, 0) is 9.59 Å². The van der Waals surface area contributed by atoms with Crippen molar-refractivity contribution in [1.29, 1.82) is 0 Å². The topological polar surface area (TPSA) is 58.2 Å². The maximum Gasteiger partial charge on any atom is 0.243 e. The van der Waals surface area contributed by atoms with E-state index < -0.39 is 0 Å². The average Bonchev–Trinajstić information content (AvgIpc) is 2.20. The number of rotatable bonds is 6. The summed E-state index contributed by atoms with van der Waals surface area (Å²) >= 11 is 1.90. The van der Waals surface area contributed by atoms with E-state index in [1.807, 2.05) is 11.8 Å².